The van der Waals surface area contributed by atoms with Crippen molar-refractivity contribution >= 4 is 46.5 Å². The number of rotatable bonds is 8. The van der Waals surface area contributed by atoms with E-state index in [2.05, 4.69) is 26.5 Å². The first-order valence-electron chi connectivity index (χ1n) is 7.28. The standard InChI is InChI=1S/C14H19BBrClN2O5/c1-3-24-13(21)6-11(19-12(20)7-18-15(2)23)9-4-8(16)5-10(17)14(9)22/h4-5,11,18,22-23H,3,6-7H2,1-2H3,(H,19,20)/t11-/m0/s1. The van der Waals surface area contributed by atoms with E-state index in [1.54, 1.807) is 13.0 Å². The molecule has 132 valence electrons. The Labute approximate surface area is 154 Å². The third-order valence-electron chi connectivity index (χ3n) is 3.00. The lowest BCUT2D eigenvalue weighted by molar-refractivity contribution is -0.143. The topological polar surface area (TPSA) is 108 Å². The second-order valence-electron chi connectivity index (χ2n) is 5.01. The van der Waals surface area contributed by atoms with Crippen LogP contribution in [0.25, 0.3) is 0 Å². The Morgan fingerprint density at radius 3 is 2.71 bits per heavy atom. The highest BCUT2D eigenvalue weighted by molar-refractivity contribution is 9.10. The number of hydrogen-bond donors (Lipinski definition) is 4. The van der Waals surface area contributed by atoms with E-state index in [4.69, 9.17) is 21.4 Å². The van der Waals surface area contributed by atoms with Crippen molar-refractivity contribution in [2.75, 3.05) is 13.2 Å². The first-order chi connectivity index (χ1) is 11.2. The van der Waals surface area contributed by atoms with E-state index >= 15 is 0 Å². The third kappa shape index (κ3) is 6.68. The number of carbonyl (C=O) groups excluding carboxylic acids is 2. The number of esters is 1. The van der Waals surface area contributed by atoms with Crippen molar-refractivity contribution in [2.24, 2.45) is 0 Å². The van der Waals surface area contributed by atoms with Crippen molar-refractivity contribution in [2.45, 2.75) is 26.2 Å². The van der Waals surface area contributed by atoms with Gasteiger partial charge in [0.15, 0.2) is 0 Å². The molecule has 0 aliphatic carbocycles. The first kappa shape index (κ1) is 20.8. The van der Waals surface area contributed by atoms with Crippen molar-refractivity contribution in [3.8, 4) is 5.75 Å². The molecule has 0 aromatic heterocycles. The molecule has 0 saturated heterocycles. The van der Waals surface area contributed by atoms with Crippen molar-refractivity contribution in [3.05, 3.63) is 27.2 Å². The number of benzene rings is 1. The summed E-state index contributed by atoms with van der Waals surface area (Å²) in [5, 5.41) is 24.6. The quantitative estimate of drug-likeness (QED) is 0.375. The molecule has 0 bridgehead atoms. The molecule has 0 radical (unpaired) electrons. The first-order valence-corrected chi connectivity index (χ1v) is 8.46. The number of ether oxygens (including phenoxy) is 1. The molecule has 1 amide bonds. The van der Waals surface area contributed by atoms with Crippen LogP contribution in [0.3, 0.4) is 0 Å². The zero-order valence-electron chi connectivity index (χ0n) is 13.3. The van der Waals surface area contributed by atoms with E-state index in [0.29, 0.717) is 4.47 Å². The predicted molar refractivity (Wildman–Crippen MR) is 94.8 cm³/mol. The highest BCUT2D eigenvalue weighted by atomic mass is 79.9. The summed E-state index contributed by atoms with van der Waals surface area (Å²) in [5.41, 5.74) is 0.285. The largest absolute Gasteiger partial charge is 0.506 e. The maximum Gasteiger partial charge on any atom is 0.374 e. The number of hydrogen-bond acceptors (Lipinski definition) is 6. The molecule has 1 rings (SSSR count). The van der Waals surface area contributed by atoms with Gasteiger partial charge in [0.1, 0.15) is 5.75 Å². The molecule has 0 fully saturated rings. The molecule has 0 spiro atoms. The van der Waals surface area contributed by atoms with E-state index in [1.165, 1.54) is 12.9 Å². The molecule has 0 saturated carbocycles. The molecule has 4 N–H and O–H groups in total. The van der Waals surface area contributed by atoms with E-state index in [-0.39, 0.29) is 35.9 Å². The zero-order chi connectivity index (χ0) is 18.3. The van der Waals surface area contributed by atoms with Gasteiger partial charge in [-0.3, -0.25) is 9.59 Å². The minimum atomic E-state index is -0.854. The number of halogens is 2. The lowest BCUT2D eigenvalue weighted by Gasteiger charge is -2.20. The summed E-state index contributed by atoms with van der Waals surface area (Å²) in [6.45, 7) is 3.20. The van der Waals surface area contributed by atoms with Gasteiger partial charge < -0.3 is 25.4 Å². The van der Waals surface area contributed by atoms with Crippen LogP contribution in [0, 0.1) is 0 Å². The normalized spacial score (nSPS) is 11.7. The number of carbonyl (C=O) groups is 2. The summed E-state index contributed by atoms with van der Waals surface area (Å²) in [5.74, 6) is -1.21. The lowest BCUT2D eigenvalue weighted by Crippen LogP contribution is -2.42. The van der Waals surface area contributed by atoms with Crippen LogP contribution in [-0.4, -0.2) is 42.2 Å². The third-order valence-corrected chi connectivity index (χ3v) is 3.75. The Morgan fingerprint density at radius 1 is 1.46 bits per heavy atom. The van der Waals surface area contributed by atoms with Gasteiger partial charge >= 0.3 is 13.0 Å². The number of phenols is 1. The average Bonchev–Trinajstić information content (AvgIpc) is 2.48. The molecule has 1 atom stereocenters. The molecule has 0 aliphatic rings. The van der Waals surface area contributed by atoms with Gasteiger partial charge in [-0.1, -0.05) is 27.5 Å². The van der Waals surface area contributed by atoms with Gasteiger partial charge in [-0.25, -0.2) is 0 Å². The smallest absolute Gasteiger partial charge is 0.374 e. The number of aromatic hydroxyl groups is 1. The van der Waals surface area contributed by atoms with Crippen LogP contribution in [0.1, 0.15) is 24.9 Å². The molecule has 1 aromatic carbocycles. The molecular weight excluding hydrogens is 402 g/mol. The number of phenolic OH excluding ortho intramolecular Hbond substituents is 1. The molecule has 1 aromatic rings. The molecule has 0 aliphatic heterocycles. The van der Waals surface area contributed by atoms with Gasteiger partial charge in [-0.2, -0.15) is 0 Å². The second kappa shape index (κ2) is 9.88. The van der Waals surface area contributed by atoms with Crippen LogP contribution < -0.4 is 10.5 Å². The van der Waals surface area contributed by atoms with Crippen molar-refractivity contribution in [1.82, 2.24) is 10.5 Å². The van der Waals surface area contributed by atoms with Crippen molar-refractivity contribution in [1.29, 1.82) is 0 Å². The zero-order valence-corrected chi connectivity index (χ0v) is 15.6. The average molecular weight is 421 g/mol. The summed E-state index contributed by atoms with van der Waals surface area (Å²) >= 11 is 9.20. The molecular formula is C14H19BBrClN2O5. The van der Waals surface area contributed by atoms with E-state index in [1.807, 2.05) is 0 Å². The Morgan fingerprint density at radius 2 is 2.12 bits per heavy atom. The van der Waals surface area contributed by atoms with Crippen LogP contribution in [0.4, 0.5) is 0 Å². The maximum absolute atomic E-state index is 12.0. The van der Waals surface area contributed by atoms with Crippen molar-refractivity contribution in [3.63, 3.8) is 0 Å². The fraction of sp³-hybridized carbons (Fsp3) is 0.429. The maximum atomic E-state index is 12.0. The predicted octanol–water partition coefficient (Wildman–Crippen LogP) is 1.62. The van der Waals surface area contributed by atoms with Gasteiger partial charge in [-0.15, -0.1) is 0 Å². The number of amides is 1. The van der Waals surface area contributed by atoms with Gasteiger partial charge in [0.05, 0.1) is 30.6 Å². The fourth-order valence-electron chi connectivity index (χ4n) is 1.96. The Hall–Kier alpha value is -1.29. The van der Waals surface area contributed by atoms with Crippen LogP contribution in [-0.2, 0) is 14.3 Å². The summed E-state index contributed by atoms with van der Waals surface area (Å²) in [4.78, 5) is 23.8. The van der Waals surface area contributed by atoms with Gasteiger partial charge in [-0.05, 0) is 25.9 Å². The summed E-state index contributed by atoms with van der Waals surface area (Å²) in [6, 6.07) is 2.23. The Kier molecular flexibility index (Phi) is 8.54. The van der Waals surface area contributed by atoms with Gasteiger partial charge in [0.2, 0.25) is 5.91 Å². The van der Waals surface area contributed by atoms with E-state index < -0.39 is 25.0 Å². The van der Waals surface area contributed by atoms with E-state index in [9.17, 15) is 14.7 Å². The Balaban J connectivity index is 3.01. The minimum absolute atomic E-state index is 0.0876. The van der Waals surface area contributed by atoms with Crippen LogP contribution in [0.15, 0.2) is 16.6 Å². The highest BCUT2D eigenvalue weighted by Crippen LogP contribution is 2.36. The fourth-order valence-corrected chi connectivity index (χ4v) is 2.80. The molecule has 0 unspecified atom stereocenters. The van der Waals surface area contributed by atoms with Crippen molar-refractivity contribution < 1.29 is 24.5 Å². The van der Waals surface area contributed by atoms with E-state index in [0.717, 1.165) is 0 Å². The lowest BCUT2D eigenvalue weighted by atomic mass is 9.89. The second-order valence-corrected chi connectivity index (χ2v) is 6.33. The monoisotopic (exact) mass is 420 g/mol. The summed E-state index contributed by atoms with van der Waals surface area (Å²) in [6.07, 6.45) is -0.172. The van der Waals surface area contributed by atoms with Gasteiger partial charge in [0.25, 0.3) is 0 Å². The Bertz CT molecular complexity index is 603. The van der Waals surface area contributed by atoms with Crippen LogP contribution in [0.5, 0.6) is 5.75 Å². The SMILES string of the molecule is CCOC(=O)C[C@H](NC(=O)CNB(C)O)c1cc(Br)cc(Cl)c1O. The summed E-state index contributed by atoms with van der Waals surface area (Å²) < 4.78 is 5.49. The molecule has 10 heteroatoms. The molecule has 24 heavy (non-hydrogen) atoms. The molecule has 0 heterocycles. The van der Waals surface area contributed by atoms with Crippen LogP contribution >= 0.6 is 27.5 Å². The highest BCUT2D eigenvalue weighted by Gasteiger charge is 2.24. The van der Waals surface area contributed by atoms with Crippen LogP contribution in [0.2, 0.25) is 11.8 Å². The summed E-state index contributed by atoms with van der Waals surface area (Å²) in [7, 11) is -0.854. The number of nitrogens with one attached hydrogen (secondary N) is 2. The molecule has 7 nitrogen and oxygen atoms in total. The van der Waals surface area contributed by atoms with Gasteiger partial charge in [0, 0.05) is 10.0 Å². The minimum Gasteiger partial charge on any atom is -0.506 e.